The molecule has 0 spiro atoms. The number of nitrogens with one attached hydrogen (secondary N) is 1. The summed E-state index contributed by atoms with van der Waals surface area (Å²) in [6.45, 7) is 5.82. The highest BCUT2D eigenvalue weighted by molar-refractivity contribution is 4.73. The predicted octanol–water partition coefficient (Wildman–Crippen LogP) is -0.196. The minimum absolute atomic E-state index is 0.162. The lowest BCUT2D eigenvalue weighted by atomic mass is 10.1. The van der Waals surface area contributed by atoms with Gasteiger partial charge in [0.15, 0.2) is 0 Å². The number of rotatable bonds is 6. The van der Waals surface area contributed by atoms with E-state index in [2.05, 4.69) is 17.1 Å². The number of hydrogen-bond donors (Lipinski definition) is 3. The summed E-state index contributed by atoms with van der Waals surface area (Å²) in [7, 11) is 0. The van der Waals surface area contributed by atoms with Crippen LogP contribution in [0.2, 0.25) is 0 Å². The van der Waals surface area contributed by atoms with E-state index in [9.17, 15) is 0 Å². The number of likely N-dealkylation sites (tertiary alicyclic amines) is 1. The van der Waals surface area contributed by atoms with E-state index in [0.717, 1.165) is 6.54 Å². The lowest BCUT2D eigenvalue weighted by Crippen LogP contribution is -2.44. The maximum absolute atomic E-state index is 9.16. The Morgan fingerprint density at radius 3 is 2.47 bits per heavy atom. The fraction of sp³-hybridized carbons (Fsp3) is 1.00. The molecule has 1 heterocycles. The molecule has 1 saturated heterocycles. The lowest BCUT2D eigenvalue weighted by molar-refractivity contribution is 0.0910. The van der Waals surface area contributed by atoms with E-state index in [1.807, 2.05) is 0 Å². The average molecular weight is 216 g/mol. The molecule has 0 aromatic rings. The molecule has 0 amide bonds. The Kier molecular flexibility index (Phi) is 6.17. The van der Waals surface area contributed by atoms with Gasteiger partial charge in [0.05, 0.1) is 12.7 Å². The average Bonchev–Trinajstić information content (AvgIpc) is 2.29. The van der Waals surface area contributed by atoms with E-state index in [0.29, 0.717) is 12.6 Å². The van der Waals surface area contributed by atoms with E-state index in [1.165, 1.54) is 32.4 Å². The van der Waals surface area contributed by atoms with Crippen LogP contribution in [0.1, 0.15) is 26.2 Å². The van der Waals surface area contributed by atoms with Crippen LogP contribution in [0.15, 0.2) is 0 Å². The quantitative estimate of drug-likeness (QED) is 0.576. The Hall–Kier alpha value is -0.160. The molecule has 1 aliphatic heterocycles. The number of hydrogen-bond acceptors (Lipinski definition) is 4. The summed E-state index contributed by atoms with van der Waals surface area (Å²) >= 11 is 0. The van der Waals surface area contributed by atoms with Crippen molar-refractivity contribution in [1.82, 2.24) is 10.2 Å². The van der Waals surface area contributed by atoms with E-state index in [-0.39, 0.29) is 6.61 Å². The van der Waals surface area contributed by atoms with Crippen molar-refractivity contribution in [3.63, 3.8) is 0 Å². The highest BCUT2D eigenvalue weighted by Crippen LogP contribution is 2.11. The van der Waals surface area contributed by atoms with Crippen LogP contribution < -0.4 is 5.32 Å². The van der Waals surface area contributed by atoms with Crippen LogP contribution in [0.3, 0.4) is 0 Å². The van der Waals surface area contributed by atoms with Gasteiger partial charge in [-0.2, -0.15) is 0 Å². The Morgan fingerprint density at radius 2 is 1.87 bits per heavy atom. The standard InChI is InChI=1S/C11H24N2O2/c1-10(7-12-8-11(15)9-14)13-5-3-2-4-6-13/h10-12,14-15H,2-9H2,1H3/t10?,11-/m0/s1. The van der Waals surface area contributed by atoms with Gasteiger partial charge in [0.25, 0.3) is 0 Å². The van der Waals surface area contributed by atoms with Crippen molar-refractivity contribution in [2.75, 3.05) is 32.8 Å². The summed E-state index contributed by atoms with van der Waals surface area (Å²) in [4.78, 5) is 2.49. The summed E-state index contributed by atoms with van der Waals surface area (Å²) < 4.78 is 0. The summed E-state index contributed by atoms with van der Waals surface area (Å²) in [5.41, 5.74) is 0. The van der Waals surface area contributed by atoms with Crippen LogP contribution in [0, 0.1) is 0 Å². The number of nitrogens with zero attached hydrogens (tertiary/aromatic N) is 1. The summed E-state index contributed by atoms with van der Waals surface area (Å²) in [6.07, 6.45) is 3.35. The maximum Gasteiger partial charge on any atom is 0.0894 e. The molecule has 15 heavy (non-hydrogen) atoms. The van der Waals surface area contributed by atoms with E-state index < -0.39 is 6.10 Å². The molecule has 1 unspecified atom stereocenters. The highest BCUT2D eigenvalue weighted by Gasteiger charge is 2.16. The first-order chi connectivity index (χ1) is 7.24. The van der Waals surface area contributed by atoms with Crippen LogP contribution in [0.5, 0.6) is 0 Å². The van der Waals surface area contributed by atoms with Gasteiger partial charge in [-0.15, -0.1) is 0 Å². The monoisotopic (exact) mass is 216 g/mol. The first kappa shape index (κ1) is 12.9. The predicted molar refractivity (Wildman–Crippen MR) is 60.8 cm³/mol. The van der Waals surface area contributed by atoms with Gasteiger partial charge in [-0.3, -0.25) is 4.90 Å². The van der Waals surface area contributed by atoms with Gasteiger partial charge in [0.2, 0.25) is 0 Å². The molecule has 3 N–H and O–H groups in total. The zero-order valence-corrected chi connectivity index (χ0v) is 9.65. The van der Waals surface area contributed by atoms with Gasteiger partial charge in [0.1, 0.15) is 0 Å². The van der Waals surface area contributed by atoms with Crippen molar-refractivity contribution in [2.45, 2.75) is 38.3 Å². The summed E-state index contributed by atoms with van der Waals surface area (Å²) in [5, 5.41) is 21.0. The molecule has 1 rings (SSSR count). The van der Waals surface area contributed by atoms with Gasteiger partial charge in [0, 0.05) is 19.1 Å². The first-order valence-corrected chi connectivity index (χ1v) is 5.97. The normalized spacial score (nSPS) is 22.6. The molecule has 4 heteroatoms. The van der Waals surface area contributed by atoms with E-state index >= 15 is 0 Å². The molecule has 0 saturated carbocycles. The Balaban J connectivity index is 2.09. The minimum Gasteiger partial charge on any atom is -0.394 e. The second-order valence-corrected chi connectivity index (χ2v) is 4.44. The molecule has 0 bridgehead atoms. The fourth-order valence-corrected chi connectivity index (χ4v) is 2.01. The summed E-state index contributed by atoms with van der Waals surface area (Å²) in [6, 6.07) is 0.524. The molecule has 90 valence electrons. The number of aliphatic hydroxyl groups excluding tert-OH is 2. The molecule has 0 aromatic carbocycles. The molecular weight excluding hydrogens is 192 g/mol. The Bertz CT molecular complexity index is 161. The van der Waals surface area contributed by atoms with Crippen LogP contribution >= 0.6 is 0 Å². The third-order valence-corrected chi connectivity index (χ3v) is 3.04. The van der Waals surface area contributed by atoms with Crippen LogP contribution in [-0.4, -0.2) is 60.0 Å². The molecule has 2 atom stereocenters. The first-order valence-electron chi connectivity index (χ1n) is 5.97. The van der Waals surface area contributed by atoms with Gasteiger partial charge < -0.3 is 15.5 Å². The van der Waals surface area contributed by atoms with Gasteiger partial charge >= 0.3 is 0 Å². The second kappa shape index (κ2) is 7.17. The Labute approximate surface area is 92.3 Å². The van der Waals surface area contributed by atoms with E-state index in [1.54, 1.807) is 0 Å². The zero-order valence-electron chi connectivity index (χ0n) is 9.65. The van der Waals surface area contributed by atoms with Gasteiger partial charge in [-0.05, 0) is 32.9 Å². The van der Waals surface area contributed by atoms with Crippen LogP contribution in [0.4, 0.5) is 0 Å². The van der Waals surface area contributed by atoms with Crippen LogP contribution in [-0.2, 0) is 0 Å². The third-order valence-electron chi connectivity index (χ3n) is 3.04. The highest BCUT2D eigenvalue weighted by atomic mass is 16.3. The smallest absolute Gasteiger partial charge is 0.0894 e. The van der Waals surface area contributed by atoms with Gasteiger partial charge in [-0.25, -0.2) is 0 Å². The number of aliphatic hydroxyl groups is 2. The molecule has 1 fully saturated rings. The van der Waals surface area contributed by atoms with Crippen LogP contribution in [0.25, 0.3) is 0 Å². The van der Waals surface area contributed by atoms with Crippen molar-refractivity contribution in [3.8, 4) is 0 Å². The number of piperidine rings is 1. The maximum atomic E-state index is 9.16. The van der Waals surface area contributed by atoms with Crippen molar-refractivity contribution >= 4 is 0 Å². The zero-order chi connectivity index (χ0) is 11.1. The van der Waals surface area contributed by atoms with Crippen molar-refractivity contribution in [2.24, 2.45) is 0 Å². The molecule has 0 aromatic heterocycles. The summed E-state index contributed by atoms with van der Waals surface area (Å²) in [5.74, 6) is 0. The van der Waals surface area contributed by atoms with Crippen molar-refractivity contribution in [3.05, 3.63) is 0 Å². The van der Waals surface area contributed by atoms with E-state index in [4.69, 9.17) is 10.2 Å². The molecular formula is C11H24N2O2. The SMILES string of the molecule is CC(CNC[C@H](O)CO)N1CCCCC1. The Morgan fingerprint density at radius 1 is 1.20 bits per heavy atom. The van der Waals surface area contributed by atoms with Crippen molar-refractivity contribution in [1.29, 1.82) is 0 Å². The molecule has 1 aliphatic rings. The lowest BCUT2D eigenvalue weighted by Gasteiger charge is -2.32. The molecule has 4 nitrogen and oxygen atoms in total. The third kappa shape index (κ3) is 4.93. The fourth-order valence-electron chi connectivity index (χ4n) is 2.01. The molecule has 0 radical (unpaired) electrons. The minimum atomic E-state index is -0.626. The van der Waals surface area contributed by atoms with Crippen molar-refractivity contribution < 1.29 is 10.2 Å². The van der Waals surface area contributed by atoms with Gasteiger partial charge in [-0.1, -0.05) is 6.42 Å². The molecule has 0 aliphatic carbocycles. The second-order valence-electron chi connectivity index (χ2n) is 4.44. The topological polar surface area (TPSA) is 55.7 Å². The largest absolute Gasteiger partial charge is 0.394 e.